The van der Waals surface area contributed by atoms with Gasteiger partial charge in [0.15, 0.2) is 0 Å². The van der Waals surface area contributed by atoms with E-state index in [1.54, 1.807) is 0 Å². The largest absolute Gasteiger partial charge is 2.00 e. The molecule has 0 aliphatic carbocycles. The van der Waals surface area contributed by atoms with Crippen LogP contribution < -0.4 is 12.4 Å². The Labute approximate surface area is 97.3 Å². The van der Waals surface area contributed by atoms with Crippen LogP contribution in [-0.4, -0.2) is 23.1 Å². The van der Waals surface area contributed by atoms with E-state index in [0.717, 1.165) is 0 Å². The minimum atomic E-state index is 0. The molecule has 12 heavy (non-hydrogen) atoms. The maximum Gasteiger partial charge on any atom is 2.00 e. The molecule has 0 aliphatic rings. The van der Waals surface area contributed by atoms with Crippen LogP contribution in [0.3, 0.4) is 0 Å². The zero-order valence-corrected chi connectivity index (χ0v) is 10.1. The van der Waals surface area contributed by atoms with E-state index in [2.05, 4.69) is 39.0 Å². The van der Waals surface area contributed by atoms with Crippen LogP contribution in [0.5, 0.6) is 0 Å². The second-order valence-corrected chi connectivity index (χ2v) is 3.53. The van der Waals surface area contributed by atoms with Gasteiger partial charge in [-0.25, -0.2) is 0 Å². The number of hydrogen-bond acceptors (Lipinski definition) is 0. The molecular formula is C10H13ClMg. The molecule has 0 spiro atoms. The molecule has 0 unspecified atom stereocenters. The minimum absolute atomic E-state index is 0. The summed E-state index contributed by atoms with van der Waals surface area (Å²) in [6.07, 6.45) is 0. The molecule has 0 amide bonds. The summed E-state index contributed by atoms with van der Waals surface area (Å²) in [6.45, 7) is 6.58. The van der Waals surface area contributed by atoms with Crippen molar-refractivity contribution < 1.29 is 12.4 Å². The van der Waals surface area contributed by atoms with Crippen molar-refractivity contribution in [2.75, 3.05) is 0 Å². The molecule has 0 aliphatic heterocycles. The quantitative estimate of drug-likeness (QED) is 0.381. The third-order valence-electron chi connectivity index (χ3n) is 1.52. The smallest absolute Gasteiger partial charge is 1.00 e. The van der Waals surface area contributed by atoms with Crippen LogP contribution in [0.1, 0.15) is 26.3 Å². The molecule has 0 fully saturated rings. The van der Waals surface area contributed by atoms with Gasteiger partial charge in [-0.3, -0.25) is 0 Å². The van der Waals surface area contributed by atoms with Crippen LogP contribution in [0.4, 0.5) is 0 Å². The van der Waals surface area contributed by atoms with Crippen molar-refractivity contribution in [2.45, 2.75) is 26.2 Å². The molecule has 0 heterocycles. The fraction of sp³-hybridized carbons (Fsp3) is 0.400. The van der Waals surface area contributed by atoms with Crippen LogP contribution >= 0.6 is 0 Å². The zero-order valence-electron chi connectivity index (χ0n) is 7.89. The number of rotatable bonds is 0. The SMILES string of the molecule is CC(C)(C)c1[c-]cccc1.[Cl-].[Mg+2]. The first-order valence-electron chi connectivity index (χ1n) is 3.58. The zero-order chi connectivity index (χ0) is 7.61. The van der Waals surface area contributed by atoms with E-state index in [4.69, 9.17) is 0 Å². The minimum Gasteiger partial charge on any atom is -1.00 e. The molecule has 1 aromatic carbocycles. The Kier molecular flexibility index (Phi) is 7.20. The van der Waals surface area contributed by atoms with Crippen molar-refractivity contribution in [1.82, 2.24) is 0 Å². The van der Waals surface area contributed by atoms with Crippen molar-refractivity contribution in [2.24, 2.45) is 0 Å². The average molecular weight is 193 g/mol. The molecular weight excluding hydrogens is 180 g/mol. The standard InChI is InChI=1S/C10H13.ClH.Mg/c1-10(2,3)9-7-5-4-6-8-9;;/h4-7H,1-3H3;1H;/q-1;;+2/p-1. The second kappa shape index (κ2) is 5.84. The van der Waals surface area contributed by atoms with Gasteiger partial charge in [-0.05, 0) is 5.41 Å². The van der Waals surface area contributed by atoms with Crippen LogP contribution in [0, 0.1) is 6.07 Å². The summed E-state index contributed by atoms with van der Waals surface area (Å²) >= 11 is 0. The summed E-state index contributed by atoms with van der Waals surface area (Å²) in [5.41, 5.74) is 1.51. The summed E-state index contributed by atoms with van der Waals surface area (Å²) in [5, 5.41) is 0. The normalized spacial score (nSPS) is 9.58. The Morgan fingerprint density at radius 3 is 2.00 bits per heavy atom. The number of halogens is 1. The molecule has 1 rings (SSSR count). The molecule has 0 radical (unpaired) electrons. The van der Waals surface area contributed by atoms with Gasteiger partial charge in [0.2, 0.25) is 0 Å². The van der Waals surface area contributed by atoms with Gasteiger partial charge < -0.3 is 12.4 Å². The fourth-order valence-electron chi connectivity index (χ4n) is 0.860. The number of benzene rings is 1. The van der Waals surface area contributed by atoms with Gasteiger partial charge in [0.05, 0.1) is 0 Å². The maximum atomic E-state index is 3.21. The first kappa shape index (κ1) is 14.8. The molecule has 0 nitrogen and oxygen atoms in total. The summed E-state index contributed by atoms with van der Waals surface area (Å²) in [4.78, 5) is 0. The Morgan fingerprint density at radius 2 is 1.75 bits per heavy atom. The first-order valence-corrected chi connectivity index (χ1v) is 3.58. The first-order chi connectivity index (χ1) is 4.61. The number of hydrogen-bond donors (Lipinski definition) is 0. The fourth-order valence-corrected chi connectivity index (χ4v) is 0.860. The van der Waals surface area contributed by atoms with E-state index < -0.39 is 0 Å². The van der Waals surface area contributed by atoms with Crippen molar-refractivity contribution in [3.8, 4) is 0 Å². The van der Waals surface area contributed by atoms with Crippen LogP contribution in [0.25, 0.3) is 0 Å². The third-order valence-corrected chi connectivity index (χ3v) is 1.52. The Hall–Kier alpha value is 0.276. The van der Waals surface area contributed by atoms with E-state index in [1.165, 1.54) is 5.56 Å². The summed E-state index contributed by atoms with van der Waals surface area (Å²) in [5.74, 6) is 0. The van der Waals surface area contributed by atoms with Crippen molar-refractivity contribution >= 4 is 23.1 Å². The monoisotopic (exact) mass is 192 g/mol. The van der Waals surface area contributed by atoms with Gasteiger partial charge in [-0.15, -0.1) is 0 Å². The van der Waals surface area contributed by atoms with Crippen LogP contribution in [0.15, 0.2) is 24.3 Å². The van der Waals surface area contributed by atoms with Gasteiger partial charge in [-0.1, -0.05) is 20.8 Å². The van der Waals surface area contributed by atoms with Crippen molar-refractivity contribution in [3.05, 3.63) is 35.9 Å². The molecule has 0 bridgehead atoms. The van der Waals surface area contributed by atoms with E-state index in [9.17, 15) is 0 Å². The van der Waals surface area contributed by atoms with Gasteiger partial charge in [0.1, 0.15) is 0 Å². The van der Waals surface area contributed by atoms with Crippen LogP contribution in [0.2, 0.25) is 0 Å². The summed E-state index contributed by atoms with van der Waals surface area (Å²) < 4.78 is 0. The van der Waals surface area contributed by atoms with Gasteiger partial charge in [-0.2, -0.15) is 35.9 Å². The Morgan fingerprint density at radius 1 is 1.17 bits per heavy atom. The predicted molar refractivity (Wildman–Crippen MR) is 49.7 cm³/mol. The van der Waals surface area contributed by atoms with Gasteiger partial charge >= 0.3 is 23.1 Å². The van der Waals surface area contributed by atoms with Crippen molar-refractivity contribution in [3.63, 3.8) is 0 Å². The molecule has 1 aromatic rings. The summed E-state index contributed by atoms with van der Waals surface area (Å²) in [7, 11) is 0. The van der Waals surface area contributed by atoms with Crippen molar-refractivity contribution in [1.29, 1.82) is 0 Å². The Bertz CT molecular complexity index is 201. The molecule has 0 saturated heterocycles. The van der Waals surface area contributed by atoms with E-state index in [-0.39, 0.29) is 40.9 Å². The van der Waals surface area contributed by atoms with Gasteiger partial charge in [0.25, 0.3) is 0 Å². The van der Waals surface area contributed by atoms with E-state index in [1.807, 2.05) is 12.1 Å². The summed E-state index contributed by atoms with van der Waals surface area (Å²) in [6, 6.07) is 11.3. The Balaban J connectivity index is 0. The molecule has 2 heteroatoms. The molecule has 0 saturated carbocycles. The molecule has 0 aromatic heterocycles. The van der Waals surface area contributed by atoms with E-state index in [0.29, 0.717) is 0 Å². The molecule has 62 valence electrons. The topological polar surface area (TPSA) is 0 Å². The average Bonchev–Trinajstić information content (AvgIpc) is 1.88. The van der Waals surface area contributed by atoms with Gasteiger partial charge in [0, 0.05) is 0 Å². The third kappa shape index (κ3) is 4.34. The van der Waals surface area contributed by atoms with E-state index >= 15 is 0 Å². The molecule has 0 N–H and O–H groups in total. The maximum absolute atomic E-state index is 3.21. The molecule has 0 atom stereocenters. The predicted octanol–water partition coefficient (Wildman–Crippen LogP) is -0.593. The second-order valence-electron chi connectivity index (χ2n) is 3.53. The van der Waals surface area contributed by atoms with Crippen LogP contribution in [-0.2, 0) is 5.41 Å².